The lowest BCUT2D eigenvalue weighted by atomic mass is 10.1. The van der Waals surface area contributed by atoms with Gasteiger partial charge in [-0.2, -0.15) is 0 Å². The van der Waals surface area contributed by atoms with Gasteiger partial charge in [-0.1, -0.05) is 63.2 Å². The fourth-order valence-electron chi connectivity index (χ4n) is 2.88. The number of fused-ring (bicyclic) bond motifs is 1. The molecule has 2 aromatic rings. The molecule has 0 saturated carbocycles. The Morgan fingerprint density at radius 2 is 1.88 bits per heavy atom. The summed E-state index contributed by atoms with van der Waals surface area (Å²) in [6, 6.07) is 14.9. The van der Waals surface area contributed by atoms with Gasteiger partial charge in [0.1, 0.15) is 12.9 Å². The molecule has 180 valence electrons. The Hall–Kier alpha value is -2.28. The molecule has 2 aromatic carbocycles. The topological polar surface area (TPSA) is 69.2 Å². The quantitative estimate of drug-likeness (QED) is 0.243. The van der Waals surface area contributed by atoms with E-state index >= 15 is 0 Å². The van der Waals surface area contributed by atoms with E-state index in [1.54, 1.807) is 0 Å². The highest BCUT2D eigenvalue weighted by atomic mass is 16.6. The molecule has 1 aliphatic heterocycles. The molecular weight excluding hydrogens is 404 g/mol. The van der Waals surface area contributed by atoms with Gasteiger partial charge in [-0.3, -0.25) is 0 Å². The summed E-state index contributed by atoms with van der Waals surface area (Å²) in [5.41, 5.74) is 1.29. The van der Waals surface area contributed by atoms with Crippen LogP contribution in [0.4, 0.5) is 0 Å². The Morgan fingerprint density at radius 3 is 2.47 bits per heavy atom. The molecule has 0 spiro atoms. The SMILES string of the molecule is C=NOCCOCCc1ccc2ccccc2c1.CC.CCC=O.CNCC1CCOC1. The number of rotatable bonds is 10. The van der Waals surface area contributed by atoms with Crippen molar-refractivity contribution in [1.29, 1.82) is 0 Å². The number of hydrogen-bond donors (Lipinski definition) is 1. The van der Waals surface area contributed by atoms with Crippen LogP contribution >= 0.6 is 0 Å². The molecular formula is C26H42N2O4. The first-order valence-electron chi connectivity index (χ1n) is 11.5. The Labute approximate surface area is 194 Å². The smallest absolute Gasteiger partial charge is 0.140 e. The molecule has 3 rings (SSSR count). The van der Waals surface area contributed by atoms with Gasteiger partial charge >= 0.3 is 0 Å². The van der Waals surface area contributed by atoms with Crippen molar-refractivity contribution in [3.63, 3.8) is 0 Å². The van der Waals surface area contributed by atoms with Gasteiger partial charge in [0.05, 0.1) is 19.8 Å². The average Bonchev–Trinajstić information content (AvgIpc) is 3.37. The van der Waals surface area contributed by atoms with Gasteiger partial charge in [-0.15, -0.1) is 5.16 Å². The van der Waals surface area contributed by atoms with Crippen LogP contribution in [0.2, 0.25) is 0 Å². The van der Waals surface area contributed by atoms with Crippen LogP contribution in [0, 0.1) is 5.92 Å². The predicted molar refractivity (Wildman–Crippen MR) is 135 cm³/mol. The van der Waals surface area contributed by atoms with E-state index in [1.165, 1.54) is 22.8 Å². The van der Waals surface area contributed by atoms with Gasteiger partial charge in [-0.05, 0) is 48.7 Å². The lowest BCUT2D eigenvalue weighted by Crippen LogP contribution is -2.18. The van der Waals surface area contributed by atoms with E-state index in [2.05, 4.69) is 59.7 Å². The molecule has 1 aliphatic rings. The molecule has 6 heteroatoms. The highest BCUT2D eigenvalue weighted by Crippen LogP contribution is 2.15. The summed E-state index contributed by atoms with van der Waals surface area (Å²) in [6.45, 7) is 13.8. The third-order valence-electron chi connectivity index (χ3n) is 4.44. The average molecular weight is 447 g/mol. The molecule has 1 fully saturated rings. The number of carbonyl (C=O) groups excluding carboxylic acids is 1. The van der Waals surface area contributed by atoms with Crippen LogP contribution in [0.5, 0.6) is 0 Å². The third kappa shape index (κ3) is 14.7. The summed E-state index contributed by atoms with van der Waals surface area (Å²) < 4.78 is 10.6. The minimum atomic E-state index is 0.460. The maximum absolute atomic E-state index is 9.17. The summed E-state index contributed by atoms with van der Waals surface area (Å²) in [5, 5.41) is 8.97. The molecule has 6 nitrogen and oxygen atoms in total. The number of aldehydes is 1. The third-order valence-corrected chi connectivity index (χ3v) is 4.44. The minimum absolute atomic E-state index is 0.460. The molecule has 0 aliphatic carbocycles. The van der Waals surface area contributed by atoms with Crippen LogP contribution < -0.4 is 5.32 Å². The van der Waals surface area contributed by atoms with E-state index < -0.39 is 0 Å². The summed E-state index contributed by atoms with van der Waals surface area (Å²) >= 11 is 0. The zero-order chi connectivity index (χ0) is 23.9. The Balaban J connectivity index is 0.000000568. The molecule has 1 unspecified atom stereocenters. The van der Waals surface area contributed by atoms with Crippen molar-refractivity contribution in [3.8, 4) is 0 Å². The number of carbonyl (C=O) groups is 1. The summed E-state index contributed by atoms with van der Waals surface area (Å²) in [5.74, 6) is 0.778. The first kappa shape index (κ1) is 29.7. The van der Waals surface area contributed by atoms with Crippen LogP contribution in [0.3, 0.4) is 0 Å². The van der Waals surface area contributed by atoms with Crippen LogP contribution in [-0.2, 0) is 25.5 Å². The normalized spacial score (nSPS) is 14.1. The van der Waals surface area contributed by atoms with E-state index in [-0.39, 0.29) is 0 Å². The second-order valence-corrected chi connectivity index (χ2v) is 6.87. The molecule has 0 radical (unpaired) electrons. The van der Waals surface area contributed by atoms with Crippen LogP contribution in [0.1, 0.15) is 39.2 Å². The molecule has 1 atom stereocenters. The maximum atomic E-state index is 9.17. The second-order valence-electron chi connectivity index (χ2n) is 6.87. The number of nitrogens with zero attached hydrogens (tertiary/aromatic N) is 1. The van der Waals surface area contributed by atoms with Crippen LogP contribution in [0.15, 0.2) is 47.6 Å². The van der Waals surface area contributed by atoms with Crippen molar-refractivity contribution in [3.05, 3.63) is 48.0 Å². The number of ether oxygens (including phenoxy) is 2. The zero-order valence-electron chi connectivity index (χ0n) is 20.3. The van der Waals surface area contributed by atoms with Gasteiger partial charge in [0.15, 0.2) is 0 Å². The van der Waals surface area contributed by atoms with Crippen molar-refractivity contribution >= 4 is 23.8 Å². The fraction of sp³-hybridized carbons (Fsp3) is 0.538. The summed E-state index contributed by atoms with van der Waals surface area (Å²) in [4.78, 5) is 13.9. The fourth-order valence-corrected chi connectivity index (χ4v) is 2.88. The molecule has 1 heterocycles. The van der Waals surface area contributed by atoms with E-state index in [9.17, 15) is 4.79 Å². The van der Waals surface area contributed by atoms with Gasteiger partial charge < -0.3 is 24.4 Å². The van der Waals surface area contributed by atoms with Gasteiger partial charge in [0.25, 0.3) is 0 Å². The van der Waals surface area contributed by atoms with E-state index in [0.717, 1.165) is 38.4 Å². The standard InChI is InChI=1S/C15H17NO2.C6H13NO.C3H6O.C2H6/c1-16-18-11-10-17-9-8-13-6-7-14-4-2-3-5-15(14)12-13;1-7-4-6-2-3-8-5-6;1-2-3-4;1-2/h2-7,12H,1,8-11H2;6-7H,2-5H2,1H3;3H,2H2,1H3;1-2H3. The molecule has 32 heavy (non-hydrogen) atoms. The molecule has 0 amide bonds. The lowest BCUT2D eigenvalue weighted by molar-refractivity contribution is -0.107. The number of oxime groups is 1. The van der Waals surface area contributed by atoms with Crippen molar-refractivity contribution in [1.82, 2.24) is 5.32 Å². The zero-order valence-corrected chi connectivity index (χ0v) is 20.3. The monoisotopic (exact) mass is 446 g/mol. The summed E-state index contributed by atoms with van der Waals surface area (Å²) in [7, 11) is 1.98. The van der Waals surface area contributed by atoms with Crippen LogP contribution in [0.25, 0.3) is 10.8 Å². The summed E-state index contributed by atoms with van der Waals surface area (Å²) in [6.07, 6.45) is 3.66. The Kier molecular flexibility index (Phi) is 20.4. The molecule has 1 N–H and O–H groups in total. The lowest BCUT2D eigenvalue weighted by Gasteiger charge is -2.05. The highest BCUT2D eigenvalue weighted by Gasteiger charge is 2.13. The Bertz CT molecular complexity index is 703. The van der Waals surface area contributed by atoms with E-state index in [1.807, 2.05) is 27.8 Å². The van der Waals surface area contributed by atoms with E-state index in [4.69, 9.17) is 14.3 Å². The predicted octanol–water partition coefficient (Wildman–Crippen LogP) is 4.89. The van der Waals surface area contributed by atoms with Crippen molar-refractivity contribution in [2.45, 2.75) is 40.0 Å². The number of nitrogens with one attached hydrogen (secondary N) is 1. The van der Waals surface area contributed by atoms with Crippen molar-refractivity contribution in [2.75, 3.05) is 46.6 Å². The minimum Gasteiger partial charge on any atom is -0.394 e. The van der Waals surface area contributed by atoms with Crippen molar-refractivity contribution < 1.29 is 19.1 Å². The number of benzene rings is 2. The maximum Gasteiger partial charge on any atom is 0.140 e. The van der Waals surface area contributed by atoms with Gasteiger partial charge in [-0.25, -0.2) is 0 Å². The first-order chi connectivity index (χ1) is 15.7. The largest absolute Gasteiger partial charge is 0.394 e. The first-order valence-corrected chi connectivity index (χ1v) is 11.5. The van der Waals surface area contributed by atoms with Gasteiger partial charge in [0, 0.05) is 19.7 Å². The molecule has 1 saturated heterocycles. The van der Waals surface area contributed by atoms with Crippen molar-refractivity contribution in [2.24, 2.45) is 11.1 Å². The Morgan fingerprint density at radius 1 is 1.16 bits per heavy atom. The molecule has 0 bridgehead atoms. The molecule has 0 aromatic heterocycles. The van der Waals surface area contributed by atoms with Gasteiger partial charge in [0.2, 0.25) is 0 Å². The van der Waals surface area contributed by atoms with Crippen LogP contribution in [-0.4, -0.2) is 59.6 Å². The van der Waals surface area contributed by atoms with E-state index in [0.29, 0.717) is 26.2 Å². The second kappa shape index (κ2) is 21.9. The number of hydrogen-bond acceptors (Lipinski definition) is 6. The highest BCUT2D eigenvalue weighted by molar-refractivity contribution is 5.82.